The van der Waals surface area contributed by atoms with Crippen LogP contribution in [0.25, 0.3) is 6.08 Å². The van der Waals surface area contributed by atoms with Crippen LogP contribution in [0.15, 0.2) is 18.2 Å². The molecule has 0 fully saturated rings. The van der Waals surface area contributed by atoms with Crippen molar-refractivity contribution in [3.63, 3.8) is 0 Å². The second-order valence-corrected chi connectivity index (χ2v) is 5.87. The summed E-state index contributed by atoms with van der Waals surface area (Å²) in [6.07, 6.45) is 4.56. The highest BCUT2D eigenvalue weighted by Gasteiger charge is 2.07. The SMILES string of the molecule is CC(C)OCCCCNC(=O)c1ccc(/C=C/C(=O)O)s1. The highest BCUT2D eigenvalue weighted by molar-refractivity contribution is 7.14. The van der Waals surface area contributed by atoms with Crippen molar-refractivity contribution in [3.05, 3.63) is 28.0 Å². The van der Waals surface area contributed by atoms with Gasteiger partial charge in [-0.25, -0.2) is 4.79 Å². The standard InChI is InChI=1S/C15H21NO4S/c1-11(2)20-10-4-3-9-16-15(19)13-7-5-12(21-13)6-8-14(17)18/h5-8,11H,3-4,9-10H2,1-2H3,(H,16,19)(H,17,18)/b8-6+. The molecule has 1 rings (SSSR count). The number of amides is 1. The minimum atomic E-state index is -1.00. The van der Waals surface area contributed by atoms with Gasteiger partial charge in [-0.3, -0.25) is 4.79 Å². The van der Waals surface area contributed by atoms with Crippen LogP contribution in [0, 0.1) is 0 Å². The average molecular weight is 311 g/mol. The first-order valence-corrected chi connectivity index (χ1v) is 7.71. The van der Waals surface area contributed by atoms with Gasteiger partial charge in [-0.1, -0.05) is 0 Å². The lowest BCUT2D eigenvalue weighted by molar-refractivity contribution is -0.131. The Labute approximate surface area is 128 Å². The molecule has 0 aromatic carbocycles. The number of carboxylic acids is 1. The molecule has 1 heterocycles. The number of unbranched alkanes of at least 4 members (excludes halogenated alkanes) is 1. The Morgan fingerprint density at radius 1 is 1.38 bits per heavy atom. The van der Waals surface area contributed by atoms with E-state index in [0.717, 1.165) is 23.8 Å². The van der Waals surface area contributed by atoms with Crippen LogP contribution in [-0.2, 0) is 9.53 Å². The number of carboxylic acid groups (broad SMARTS) is 1. The predicted molar refractivity (Wildman–Crippen MR) is 83.6 cm³/mol. The fraction of sp³-hybridized carbons (Fsp3) is 0.467. The molecule has 0 bridgehead atoms. The maximum absolute atomic E-state index is 11.9. The number of ether oxygens (including phenoxy) is 1. The van der Waals surface area contributed by atoms with E-state index in [-0.39, 0.29) is 12.0 Å². The van der Waals surface area contributed by atoms with E-state index in [0.29, 0.717) is 18.0 Å². The van der Waals surface area contributed by atoms with Gasteiger partial charge in [0, 0.05) is 24.1 Å². The van der Waals surface area contributed by atoms with Gasteiger partial charge in [0.2, 0.25) is 0 Å². The van der Waals surface area contributed by atoms with Crippen LogP contribution >= 0.6 is 11.3 Å². The van der Waals surface area contributed by atoms with Crippen LogP contribution in [0.2, 0.25) is 0 Å². The van der Waals surface area contributed by atoms with Gasteiger partial charge in [-0.05, 0) is 44.9 Å². The van der Waals surface area contributed by atoms with E-state index in [4.69, 9.17) is 9.84 Å². The number of carbonyl (C=O) groups is 2. The molecular weight excluding hydrogens is 290 g/mol. The van der Waals surface area contributed by atoms with Gasteiger partial charge in [0.1, 0.15) is 0 Å². The van der Waals surface area contributed by atoms with E-state index in [1.54, 1.807) is 12.1 Å². The van der Waals surface area contributed by atoms with Gasteiger partial charge < -0.3 is 15.2 Å². The largest absolute Gasteiger partial charge is 0.478 e. The summed E-state index contributed by atoms with van der Waals surface area (Å²) in [5, 5.41) is 11.4. The molecule has 5 nitrogen and oxygen atoms in total. The molecule has 0 saturated carbocycles. The van der Waals surface area contributed by atoms with Gasteiger partial charge in [0.25, 0.3) is 5.91 Å². The van der Waals surface area contributed by atoms with Crippen molar-refractivity contribution in [2.75, 3.05) is 13.2 Å². The molecule has 21 heavy (non-hydrogen) atoms. The molecule has 6 heteroatoms. The number of nitrogens with one attached hydrogen (secondary N) is 1. The van der Waals surface area contributed by atoms with Crippen molar-refractivity contribution in [2.45, 2.75) is 32.8 Å². The molecule has 0 unspecified atom stereocenters. The Morgan fingerprint density at radius 2 is 2.14 bits per heavy atom. The van der Waals surface area contributed by atoms with Crippen molar-refractivity contribution < 1.29 is 19.4 Å². The van der Waals surface area contributed by atoms with E-state index in [1.807, 2.05) is 13.8 Å². The van der Waals surface area contributed by atoms with Crippen LogP contribution in [-0.4, -0.2) is 36.2 Å². The zero-order valence-corrected chi connectivity index (χ0v) is 13.1. The molecule has 0 radical (unpaired) electrons. The molecule has 1 aromatic rings. The van der Waals surface area contributed by atoms with E-state index in [2.05, 4.69) is 5.32 Å². The number of carbonyl (C=O) groups excluding carboxylic acids is 1. The molecule has 0 aliphatic rings. The second kappa shape index (κ2) is 9.31. The minimum absolute atomic E-state index is 0.125. The van der Waals surface area contributed by atoms with Crippen LogP contribution in [0.1, 0.15) is 41.2 Å². The van der Waals surface area contributed by atoms with E-state index in [9.17, 15) is 9.59 Å². The molecule has 116 valence electrons. The van der Waals surface area contributed by atoms with Crippen LogP contribution in [0.3, 0.4) is 0 Å². The van der Waals surface area contributed by atoms with Gasteiger partial charge in [0.05, 0.1) is 11.0 Å². The summed E-state index contributed by atoms with van der Waals surface area (Å²) in [5.41, 5.74) is 0. The van der Waals surface area contributed by atoms with E-state index >= 15 is 0 Å². The molecule has 0 atom stereocenters. The lowest BCUT2D eigenvalue weighted by atomic mass is 10.3. The van der Waals surface area contributed by atoms with E-state index in [1.165, 1.54) is 17.4 Å². The first-order valence-electron chi connectivity index (χ1n) is 6.89. The average Bonchev–Trinajstić information content (AvgIpc) is 2.88. The maximum atomic E-state index is 11.9. The highest BCUT2D eigenvalue weighted by atomic mass is 32.1. The fourth-order valence-corrected chi connectivity index (χ4v) is 2.38. The van der Waals surface area contributed by atoms with Gasteiger partial charge in [-0.2, -0.15) is 0 Å². The fourth-order valence-electron chi connectivity index (χ4n) is 1.55. The normalized spacial score (nSPS) is 11.2. The quantitative estimate of drug-likeness (QED) is 0.543. The second-order valence-electron chi connectivity index (χ2n) is 4.76. The lowest BCUT2D eigenvalue weighted by Crippen LogP contribution is -2.23. The van der Waals surface area contributed by atoms with Crippen molar-refractivity contribution >= 4 is 29.3 Å². The smallest absolute Gasteiger partial charge is 0.328 e. The molecule has 1 amide bonds. The van der Waals surface area contributed by atoms with Crippen LogP contribution < -0.4 is 5.32 Å². The summed E-state index contributed by atoms with van der Waals surface area (Å²) in [4.78, 5) is 23.6. The highest BCUT2D eigenvalue weighted by Crippen LogP contribution is 2.17. The Bertz CT molecular complexity index is 494. The Hall–Kier alpha value is -1.66. The van der Waals surface area contributed by atoms with Gasteiger partial charge in [0.15, 0.2) is 0 Å². The number of hydrogen-bond acceptors (Lipinski definition) is 4. The summed E-state index contributed by atoms with van der Waals surface area (Å²) in [6.45, 7) is 5.30. The number of thiophene rings is 1. The predicted octanol–water partition coefficient (Wildman–Crippen LogP) is 2.78. The van der Waals surface area contributed by atoms with Crippen molar-refractivity contribution in [1.82, 2.24) is 5.32 Å². The molecular formula is C15H21NO4S. The first-order chi connectivity index (χ1) is 9.99. The van der Waals surface area contributed by atoms with E-state index < -0.39 is 5.97 Å². The lowest BCUT2D eigenvalue weighted by Gasteiger charge is -2.07. The molecule has 0 aliphatic heterocycles. The monoisotopic (exact) mass is 311 g/mol. The first kappa shape index (κ1) is 17.4. The molecule has 2 N–H and O–H groups in total. The summed E-state index contributed by atoms with van der Waals surface area (Å²) >= 11 is 1.27. The molecule has 0 spiro atoms. The van der Waals surface area contributed by atoms with Crippen molar-refractivity contribution in [2.24, 2.45) is 0 Å². The third-order valence-corrected chi connectivity index (χ3v) is 3.60. The van der Waals surface area contributed by atoms with Crippen molar-refractivity contribution in [3.8, 4) is 0 Å². The van der Waals surface area contributed by atoms with Crippen molar-refractivity contribution in [1.29, 1.82) is 0 Å². The molecule has 1 aromatic heterocycles. The summed E-state index contributed by atoms with van der Waals surface area (Å²) in [7, 11) is 0. The number of rotatable bonds is 9. The summed E-state index contributed by atoms with van der Waals surface area (Å²) in [5.74, 6) is -1.13. The Kier molecular flexibility index (Phi) is 7.71. The number of aliphatic carboxylic acids is 1. The third-order valence-electron chi connectivity index (χ3n) is 2.55. The van der Waals surface area contributed by atoms with Crippen LogP contribution in [0.5, 0.6) is 0 Å². The Balaban J connectivity index is 2.28. The number of hydrogen-bond donors (Lipinski definition) is 2. The third kappa shape index (κ3) is 7.63. The summed E-state index contributed by atoms with van der Waals surface area (Å²) in [6, 6.07) is 3.43. The zero-order valence-electron chi connectivity index (χ0n) is 12.3. The van der Waals surface area contributed by atoms with Crippen LogP contribution in [0.4, 0.5) is 0 Å². The summed E-state index contributed by atoms with van der Waals surface area (Å²) < 4.78 is 5.42. The zero-order chi connectivity index (χ0) is 15.7. The Morgan fingerprint density at radius 3 is 2.81 bits per heavy atom. The molecule has 0 aliphatic carbocycles. The maximum Gasteiger partial charge on any atom is 0.328 e. The minimum Gasteiger partial charge on any atom is -0.478 e. The van der Waals surface area contributed by atoms with Gasteiger partial charge in [-0.15, -0.1) is 11.3 Å². The molecule has 0 saturated heterocycles. The topological polar surface area (TPSA) is 75.6 Å². The van der Waals surface area contributed by atoms with Gasteiger partial charge >= 0.3 is 5.97 Å².